The Morgan fingerprint density at radius 3 is 2.81 bits per heavy atom. The Kier molecular flexibility index (Phi) is 3.78. The van der Waals surface area contributed by atoms with Gasteiger partial charge in [-0.05, 0) is 20.8 Å². The summed E-state index contributed by atoms with van der Waals surface area (Å²) in [5, 5.41) is 11.8. The standard InChI is InChI=1S/C10H15N3O3/c1-7-4-8(13-6-12-7)16-9(14)11-5-10(2,3)15/h4,6,15H,5H2,1-3H3,(H,11,14). The molecule has 88 valence electrons. The van der Waals surface area contributed by atoms with Gasteiger partial charge in [-0.25, -0.2) is 14.8 Å². The van der Waals surface area contributed by atoms with Crippen LogP contribution in [0.4, 0.5) is 4.79 Å². The third-order valence-electron chi connectivity index (χ3n) is 1.64. The number of amides is 1. The van der Waals surface area contributed by atoms with Crippen molar-refractivity contribution in [3.8, 4) is 5.88 Å². The summed E-state index contributed by atoms with van der Waals surface area (Å²) in [4.78, 5) is 18.9. The van der Waals surface area contributed by atoms with E-state index in [0.717, 1.165) is 0 Å². The lowest BCUT2D eigenvalue weighted by molar-refractivity contribution is 0.0790. The summed E-state index contributed by atoms with van der Waals surface area (Å²) in [5.41, 5.74) is -0.263. The topological polar surface area (TPSA) is 84.3 Å². The Morgan fingerprint density at radius 1 is 1.56 bits per heavy atom. The SMILES string of the molecule is Cc1cc(OC(=O)NCC(C)(C)O)ncn1. The Balaban J connectivity index is 2.46. The van der Waals surface area contributed by atoms with Gasteiger partial charge >= 0.3 is 6.09 Å². The molecule has 0 radical (unpaired) electrons. The Bertz CT molecular complexity index is 374. The van der Waals surface area contributed by atoms with Crippen molar-refractivity contribution in [1.82, 2.24) is 15.3 Å². The molecule has 2 N–H and O–H groups in total. The highest BCUT2D eigenvalue weighted by Crippen LogP contribution is 2.06. The first-order valence-corrected chi connectivity index (χ1v) is 4.83. The van der Waals surface area contributed by atoms with E-state index in [4.69, 9.17) is 4.74 Å². The zero-order chi connectivity index (χ0) is 12.2. The van der Waals surface area contributed by atoms with Crippen LogP contribution < -0.4 is 10.1 Å². The van der Waals surface area contributed by atoms with E-state index in [9.17, 15) is 9.90 Å². The van der Waals surface area contributed by atoms with E-state index in [2.05, 4.69) is 15.3 Å². The van der Waals surface area contributed by atoms with Gasteiger partial charge in [0.05, 0.1) is 5.60 Å². The summed E-state index contributed by atoms with van der Waals surface area (Å²) in [6.45, 7) is 5.05. The van der Waals surface area contributed by atoms with E-state index >= 15 is 0 Å². The smallest absolute Gasteiger partial charge is 0.391 e. The summed E-state index contributed by atoms with van der Waals surface area (Å²) < 4.78 is 4.88. The zero-order valence-corrected chi connectivity index (χ0v) is 9.52. The number of aryl methyl sites for hydroxylation is 1. The highest BCUT2D eigenvalue weighted by molar-refractivity contribution is 5.69. The maximum Gasteiger partial charge on any atom is 0.414 e. The molecule has 6 nitrogen and oxygen atoms in total. The van der Waals surface area contributed by atoms with Gasteiger partial charge in [0, 0.05) is 18.3 Å². The van der Waals surface area contributed by atoms with E-state index in [1.165, 1.54) is 6.33 Å². The van der Waals surface area contributed by atoms with Crippen LogP contribution in [0.3, 0.4) is 0 Å². The number of ether oxygens (including phenoxy) is 1. The molecule has 0 aromatic carbocycles. The third-order valence-corrected chi connectivity index (χ3v) is 1.64. The van der Waals surface area contributed by atoms with Crippen molar-refractivity contribution in [2.24, 2.45) is 0 Å². The van der Waals surface area contributed by atoms with Crippen LogP contribution in [-0.2, 0) is 0 Å². The predicted molar refractivity (Wildman–Crippen MR) is 57.1 cm³/mol. The summed E-state index contributed by atoms with van der Waals surface area (Å²) in [6, 6.07) is 1.55. The van der Waals surface area contributed by atoms with Gasteiger partial charge in [0.2, 0.25) is 5.88 Å². The maximum atomic E-state index is 11.3. The molecule has 1 aromatic heterocycles. The molecule has 6 heteroatoms. The largest absolute Gasteiger partial charge is 0.414 e. The molecule has 1 aromatic rings. The minimum atomic E-state index is -0.972. The second-order valence-electron chi connectivity index (χ2n) is 4.05. The maximum absolute atomic E-state index is 11.3. The quantitative estimate of drug-likeness (QED) is 0.788. The van der Waals surface area contributed by atoms with Crippen LogP contribution in [0, 0.1) is 6.92 Å². The molecule has 0 unspecified atom stereocenters. The molecule has 1 heterocycles. The van der Waals surface area contributed by atoms with Crippen LogP contribution in [0.5, 0.6) is 5.88 Å². The van der Waals surface area contributed by atoms with Gasteiger partial charge in [-0.1, -0.05) is 0 Å². The summed E-state index contributed by atoms with van der Waals surface area (Å²) in [7, 11) is 0. The number of nitrogens with one attached hydrogen (secondary N) is 1. The van der Waals surface area contributed by atoms with Crippen LogP contribution in [0.2, 0.25) is 0 Å². The van der Waals surface area contributed by atoms with Crippen molar-refractivity contribution >= 4 is 6.09 Å². The molecular weight excluding hydrogens is 210 g/mol. The Labute approximate surface area is 93.7 Å². The average molecular weight is 225 g/mol. The number of rotatable bonds is 3. The lowest BCUT2D eigenvalue weighted by Gasteiger charge is -2.17. The third kappa shape index (κ3) is 4.70. The van der Waals surface area contributed by atoms with E-state index < -0.39 is 11.7 Å². The first-order valence-electron chi connectivity index (χ1n) is 4.83. The molecule has 0 aliphatic heterocycles. The number of aliphatic hydroxyl groups is 1. The van der Waals surface area contributed by atoms with E-state index in [1.807, 2.05) is 0 Å². The van der Waals surface area contributed by atoms with E-state index in [-0.39, 0.29) is 12.4 Å². The first kappa shape index (κ1) is 12.4. The van der Waals surface area contributed by atoms with Crippen molar-refractivity contribution in [2.75, 3.05) is 6.54 Å². The van der Waals surface area contributed by atoms with Gasteiger partial charge in [-0.2, -0.15) is 0 Å². The fraction of sp³-hybridized carbons (Fsp3) is 0.500. The highest BCUT2D eigenvalue weighted by Gasteiger charge is 2.14. The number of hydrogen-bond acceptors (Lipinski definition) is 5. The number of carbonyl (C=O) groups is 1. The van der Waals surface area contributed by atoms with Crippen LogP contribution in [0.1, 0.15) is 19.5 Å². The molecule has 16 heavy (non-hydrogen) atoms. The zero-order valence-electron chi connectivity index (χ0n) is 9.52. The molecular formula is C10H15N3O3. The summed E-state index contributed by atoms with van der Waals surface area (Å²) >= 11 is 0. The highest BCUT2D eigenvalue weighted by atomic mass is 16.6. The molecule has 0 fully saturated rings. The molecule has 0 aliphatic carbocycles. The van der Waals surface area contributed by atoms with E-state index in [1.54, 1.807) is 26.8 Å². The molecule has 0 spiro atoms. The average Bonchev–Trinajstić information content (AvgIpc) is 2.14. The van der Waals surface area contributed by atoms with Gasteiger partial charge in [-0.15, -0.1) is 0 Å². The summed E-state index contributed by atoms with van der Waals surface area (Å²) in [5.74, 6) is 0.181. The molecule has 0 atom stereocenters. The lowest BCUT2D eigenvalue weighted by Crippen LogP contribution is -2.39. The lowest BCUT2D eigenvalue weighted by atomic mass is 10.1. The fourth-order valence-corrected chi connectivity index (χ4v) is 0.905. The molecule has 0 aliphatic rings. The minimum Gasteiger partial charge on any atom is -0.391 e. The number of nitrogens with zero attached hydrogens (tertiary/aromatic N) is 2. The number of hydrogen-bond donors (Lipinski definition) is 2. The van der Waals surface area contributed by atoms with Gasteiger partial charge in [0.25, 0.3) is 0 Å². The fourth-order valence-electron chi connectivity index (χ4n) is 0.905. The van der Waals surface area contributed by atoms with Gasteiger partial charge in [-0.3, -0.25) is 0 Å². The van der Waals surface area contributed by atoms with Crippen LogP contribution in [0.25, 0.3) is 0 Å². The second-order valence-corrected chi connectivity index (χ2v) is 4.05. The molecule has 1 amide bonds. The van der Waals surface area contributed by atoms with Crippen LogP contribution in [0.15, 0.2) is 12.4 Å². The number of carbonyl (C=O) groups excluding carboxylic acids is 1. The monoisotopic (exact) mass is 225 g/mol. The number of aromatic nitrogens is 2. The molecule has 1 rings (SSSR count). The van der Waals surface area contributed by atoms with Gasteiger partial charge in [0.15, 0.2) is 0 Å². The van der Waals surface area contributed by atoms with Crippen LogP contribution in [-0.4, -0.2) is 33.3 Å². The van der Waals surface area contributed by atoms with Gasteiger partial charge in [0.1, 0.15) is 6.33 Å². The Morgan fingerprint density at radius 2 is 2.25 bits per heavy atom. The van der Waals surface area contributed by atoms with E-state index in [0.29, 0.717) is 5.69 Å². The van der Waals surface area contributed by atoms with Gasteiger partial charge < -0.3 is 15.2 Å². The molecule has 0 saturated heterocycles. The second kappa shape index (κ2) is 4.89. The van der Waals surface area contributed by atoms with Crippen molar-refractivity contribution in [1.29, 1.82) is 0 Å². The Hall–Kier alpha value is -1.69. The van der Waals surface area contributed by atoms with Crippen molar-refractivity contribution in [2.45, 2.75) is 26.4 Å². The molecule has 0 bridgehead atoms. The van der Waals surface area contributed by atoms with Crippen molar-refractivity contribution < 1.29 is 14.6 Å². The van der Waals surface area contributed by atoms with Crippen LogP contribution >= 0.6 is 0 Å². The van der Waals surface area contributed by atoms with Crippen molar-refractivity contribution in [3.63, 3.8) is 0 Å². The molecule has 0 saturated carbocycles. The predicted octanol–water partition coefficient (Wildman–Crippen LogP) is 0.644. The minimum absolute atomic E-state index is 0.107. The van der Waals surface area contributed by atoms with Crippen molar-refractivity contribution in [3.05, 3.63) is 18.1 Å². The normalized spacial score (nSPS) is 11.0. The first-order chi connectivity index (χ1) is 7.37. The summed E-state index contributed by atoms with van der Waals surface area (Å²) in [6.07, 6.45) is 0.661.